The Labute approximate surface area is 102 Å². The lowest BCUT2D eigenvalue weighted by Gasteiger charge is -2.29. The van der Waals surface area contributed by atoms with Gasteiger partial charge in [-0.25, -0.2) is 0 Å². The number of hydrogen-bond donors (Lipinski definition) is 3. The number of rotatable bonds is 5. The molecule has 5 nitrogen and oxygen atoms in total. The Morgan fingerprint density at radius 2 is 2.06 bits per heavy atom. The highest BCUT2D eigenvalue weighted by Gasteiger charge is 2.30. The number of carboxylic acid groups (broad SMARTS) is 1. The Kier molecular flexibility index (Phi) is 5.41. The summed E-state index contributed by atoms with van der Waals surface area (Å²) in [4.78, 5) is 22.6. The molecule has 0 aromatic rings. The first-order valence-corrected chi connectivity index (χ1v) is 6.26. The van der Waals surface area contributed by atoms with Gasteiger partial charge in [0.15, 0.2) is 0 Å². The van der Waals surface area contributed by atoms with Gasteiger partial charge in [-0.15, -0.1) is 0 Å². The Bertz CT molecular complexity index is 281. The minimum Gasteiger partial charge on any atom is -0.481 e. The van der Waals surface area contributed by atoms with E-state index in [9.17, 15) is 9.59 Å². The predicted octanol–water partition coefficient (Wildman–Crippen LogP) is 0.588. The zero-order chi connectivity index (χ0) is 12.8. The molecule has 0 aromatic carbocycles. The zero-order valence-corrected chi connectivity index (χ0v) is 10.3. The molecule has 1 saturated carbocycles. The van der Waals surface area contributed by atoms with Crippen LogP contribution in [0.1, 0.15) is 32.6 Å². The van der Waals surface area contributed by atoms with Crippen molar-refractivity contribution in [2.24, 2.45) is 23.5 Å². The molecule has 1 rings (SSSR count). The molecule has 5 heteroatoms. The number of carbonyl (C=O) groups is 2. The Morgan fingerprint density at radius 3 is 2.65 bits per heavy atom. The van der Waals surface area contributed by atoms with Crippen LogP contribution in [0.15, 0.2) is 0 Å². The third-order valence-corrected chi connectivity index (χ3v) is 3.55. The quantitative estimate of drug-likeness (QED) is 0.658. The maximum absolute atomic E-state index is 11.9. The molecule has 4 N–H and O–H groups in total. The molecule has 98 valence electrons. The third-order valence-electron chi connectivity index (χ3n) is 3.55. The van der Waals surface area contributed by atoms with Crippen molar-refractivity contribution in [1.29, 1.82) is 0 Å². The van der Waals surface area contributed by atoms with E-state index in [1.165, 1.54) is 0 Å². The summed E-state index contributed by atoms with van der Waals surface area (Å²) in [5, 5.41) is 11.5. The van der Waals surface area contributed by atoms with E-state index >= 15 is 0 Å². The monoisotopic (exact) mass is 242 g/mol. The van der Waals surface area contributed by atoms with E-state index in [4.69, 9.17) is 10.8 Å². The first-order chi connectivity index (χ1) is 8.06. The van der Waals surface area contributed by atoms with Crippen LogP contribution < -0.4 is 11.1 Å². The van der Waals surface area contributed by atoms with E-state index in [2.05, 4.69) is 5.32 Å². The van der Waals surface area contributed by atoms with Gasteiger partial charge in [0.2, 0.25) is 5.91 Å². The van der Waals surface area contributed by atoms with Gasteiger partial charge in [0, 0.05) is 12.5 Å². The van der Waals surface area contributed by atoms with E-state index in [0.717, 1.165) is 25.7 Å². The van der Waals surface area contributed by atoms with Gasteiger partial charge in [0.1, 0.15) is 0 Å². The van der Waals surface area contributed by atoms with Crippen LogP contribution >= 0.6 is 0 Å². The number of hydrogen-bond acceptors (Lipinski definition) is 3. The van der Waals surface area contributed by atoms with E-state index in [1.807, 2.05) is 0 Å². The van der Waals surface area contributed by atoms with E-state index in [0.29, 0.717) is 6.54 Å². The Morgan fingerprint density at radius 1 is 1.41 bits per heavy atom. The number of carbonyl (C=O) groups excluding carboxylic acids is 1. The molecule has 0 saturated heterocycles. The first-order valence-electron chi connectivity index (χ1n) is 6.26. The van der Waals surface area contributed by atoms with Crippen molar-refractivity contribution >= 4 is 11.9 Å². The number of carboxylic acids is 1. The fraction of sp³-hybridized carbons (Fsp3) is 0.833. The van der Waals surface area contributed by atoms with Crippen molar-refractivity contribution in [2.75, 3.05) is 13.1 Å². The molecular weight excluding hydrogens is 220 g/mol. The van der Waals surface area contributed by atoms with Gasteiger partial charge >= 0.3 is 5.97 Å². The van der Waals surface area contributed by atoms with Gasteiger partial charge in [-0.05, 0) is 25.3 Å². The minimum absolute atomic E-state index is 0.0326. The lowest BCUT2D eigenvalue weighted by molar-refractivity contribution is -0.141. The molecule has 0 aliphatic heterocycles. The molecule has 3 atom stereocenters. The molecule has 1 fully saturated rings. The van der Waals surface area contributed by atoms with Crippen LogP contribution in [0.4, 0.5) is 0 Å². The molecular formula is C12H22N2O3. The fourth-order valence-corrected chi connectivity index (χ4v) is 2.31. The minimum atomic E-state index is -0.885. The van der Waals surface area contributed by atoms with Crippen LogP contribution in [-0.4, -0.2) is 30.1 Å². The fourth-order valence-electron chi connectivity index (χ4n) is 2.31. The number of nitrogens with one attached hydrogen (secondary N) is 1. The number of nitrogens with two attached hydrogens (primary N) is 1. The lowest BCUT2D eigenvalue weighted by Crippen LogP contribution is -2.41. The van der Waals surface area contributed by atoms with Crippen molar-refractivity contribution in [3.05, 3.63) is 0 Å². The van der Waals surface area contributed by atoms with Crippen LogP contribution in [0.5, 0.6) is 0 Å². The molecule has 0 heterocycles. The largest absolute Gasteiger partial charge is 0.481 e. The van der Waals surface area contributed by atoms with Crippen molar-refractivity contribution in [2.45, 2.75) is 32.6 Å². The summed E-state index contributed by atoms with van der Waals surface area (Å²) in [5.41, 5.74) is 5.66. The summed E-state index contributed by atoms with van der Waals surface area (Å²) in [5.74, 6) is -1.24. The summed E-state index contributed by atoms with van der Waals surface area (Å²) in [6, 6.07) is 0. The number of amides is 1. The summed E-state index contributed by atoms with van der Waals surface area (Å²) < 4.78 is 0. The van der Waals surface area contributed by atoms with Crippen LogP contribution in [0, 0.1) is 17.8 Å². The highest BCUT2D eigenvalue weighted by Crippen LogP contribution is 2.29. The van der Waals surface area contributed by atoms with Gasteiger partial charge in [-0.2, -0.15) is 0 Å². The van der Waals surface area contributed by atoms with Crippen LogP contribution in [0.2, 0.25) is 0 Å². The van der Waals surface area contributed by atoms with Crippen LogP contribution in [-0.2, 0) is 9.59 Å². The average Bonchev–Trinajstić information content (AvgIpc) is 2.35. The maximum atomic E-state index is 11.9. The van der Waals surface area contributed by atoms with E-state index in [1.54, 1.807) is 6.92 Å². The maximum Gasteiger partial charge on any atom is 0.308 e. The molecule has 0 bridgehead atoms. The van der Waals surface area contributed by atoms with Gasteiger partial charge in [-0.1, -0.05) is 19.8 Å². The van der Waals surface area contributed by atoms with Gasteiger partial charge in [-0.3, -0.25) is 9.59 Å². The van der Waals surface area contributed by atoms with E-state index < -0.39 is 11.9 Å². The molecule has 0 spiro atoms. The average molecular weight is 242 g/mol. The molecule has 3 unspecified atom stereocenters. The third kappa shape index (κ3) is 4.00. The topological polar surface area (TPSA) is 92.4 Å². The van der Waals surface area contributed by atoms with Crippen molar-refractivity contribution in [1.82, 2.24) is 5.32 Å². The second-order valence-corrected chi connectivity index (χ2v) is 4.87. The summed E-state index contributed by atoms with van der Waals surface area (Å²) in [7, 11) is 0. The van der Waals surface area contributed by atoms with Crippen molar-refractivity contribution < 1.29 is 14.7 Å². The molecule has 1 amide bonds. The van der Waals surface area contributed by atoms with E-state index in [-0.39, 0.29) is 24.3 Å². The summed E-state index contributed by atoms with van der Waals surface area (Å²) in [6.45, 7) is 2.32. The van der Waals surface area contributed by atoms with Crippen molar-refractivity contribution in [3.63, 3.8) is 0 Å². The molecule has 0 radical (unpaired) electrons. The molecule has 1 aliphatic carbocycles. The standard InChI is InChI=1S/C12H22N2O3/c1-8(12(16)17)7-14-11(15)10-5-3-2-4-9(10)6-13/h8-10H,2-7,13H2,1H3,(H,14,15)(H,16,17). The molecule has 0 aromatic heterocycles. The van der Waals surface area contributed by atoms with Crippen LogP contribution in [0.3, 0.4) is 0 Å². The van der Waals surface area contributed by atoms with Gasteiger partial charge < -0.3 is 16.2 Å². The highest BCUT2D eigenvalue weighted by molar-refractivity contribution is 5.80. The van der Waals surface area contributed by atoms with Crippen molar-refractivity contribution in [3.8, 4) is 0 Å². The second kappa shape index (κ2) is 6.59. The highest BCUT2D eigenvalue weighted by atomic mass is 16.4. The first kappa shape index (κ1) is 14.0. The Balaban J connectivity index is 2.42. The van der Waals surface area contributed by atoms with Gasteiger partial charge in [0.25, 0.3) is 0 Å². The SMILES string of the molecule is CC(CNC(=O)C1CCCCC1CN)C(=O)O. The van der Waals surface area contributed by atoms with Crippen LogP contribution in [0.25, 0.3) is 0 Å². The summed E-state index contributed by atoms with van der Waals surface area (Å²) in [6.07, 6.45) is 4.07. The normalized spacial score (nSPS) is 26.2. The smallest absolute Gasteiger partial charge is 0.308 e. The second-order valence-electron chi connectivity index (χ2n) is 4.87. The zero-order valence-electron chi connectivity index (χ0n) is 10.3. The Hall–Kier alpha value is -1.10. The summed E-state index contributed by atoms with van der Waals surface area (Å²) >= 11 is 0. The lowest BCUT2D eigenvalue weighted by atomic mass is 9.78. The molecule has 1 aliphatic rings. The van der Waals surface area contributed by atoms with Gasteiger partial charge in [0.05, 0.1) is 5.92 Å². The predicted molar refractivity (Wildman–Crippen MR) is 64.3 cm³/mol. The molecule has 17 heavy (non-hydrogen) atoms. The number of aliphatic carboxylic acids is 1.